The van der Waals surface area contributed by atoms with Gasteiger partial charge in [-0.05, 0) is 11.6 Å². The Hall–Kier alpha value is -1.28. The maximum atomic E-state index is 10.4. The van der Waals surface area contributed by atoms with Crippen LogP contribution in [0.5, 0.6) is 0 Å². The fourth-order valence-electron chi connectivity index (χ4n) is 2.51. The molecule has 1 radical (unpaired) electrons. The van der Waals surface area contributed by atoms with E-state index in [1.165, 1.54) is 44.6 Å². The van der Waals surface area contributed by atoms with Gasteiger partial charge < -0.3 is 5.11 Å². The number of hydrogen-bond acceptors (Lipinski definition) is 2. The minimum Gasteiger partial charge on any atom is -0.477 e. The predicted molar refractivity (Wildman–Crippen MR) is 113 cm³/mol. The molecule has 143 valence electrons. The van der Waals surface area contributed by atoms with Gasteiger partial charge in [0.2, 0.25) is 0 Å². The molecule has 0 saturated carbocycles. The zero-order chi connectivity index (χ0) is 19.6. The number of benzene rings is 1. The Kier molecular flexibility index (Phi) is 16.3. The quantitative estimate of drug-likeness (QED) is 0.230. The summed E-state index contributed by atoms with van der Waals surface area (Å²) >= 11 is -0.839. The van der Waals surface area contributed by atoms with Crippen molar-refractivity contribution in [1.82, 2.24) is 0 Å². The van der Waals surface area contributed by atoms with Crippen LogP contribution in [0.2, 0.25) is 13.3 Å². The van der Waals surface area contributed by atoms with Crippen LogP contribution in [0.4, 0.5) is 0 Å². The summed E-state index contributed by atoms with van der Waals surface area (Å²) in [5, 5.41) is 17.0. The van der Waals surface area contributed by atoms with Crippen LogP contribution in [-0.2, 0) is 4.79 Å². The van der Waals surface area contributed by atoms with E-state index < -0.39 is 25.7 Å². The Morgan fingerprint density at radius 2 is 1.46 bits per heavy atom. The third kappa shape index (κ3) is 13.0. The van der Waals surface area contributed by atoms with Crippen molar-refractivity contribution < 1.29 is 9.90 Å². The number of hydrogen-bond donors (Lipinski definition) is 1. The molecule has 0 aromatic heterocycles. The van der Waals surface area contributed by atoms with Gasteiger partial charge in [0.05, 0.1) is 0 Å². The van der Waals surface area contributed by atoms with E-state index in [4.69, 9.17) is 10.4 Å². The van der Waals surface area contributed by atoms with Crippen molar-refractivity contribution in [1.29, 1.82) is 5.26 Å². The van der Waals surface area contributed by atoms with Crippen molar-refractivity contribution in [2.45, 2.75) is 72.6 Å². The molecule has 0 unspecified atom stereocenters. The first-order valence-corrected chi connectivity index (χ1v) is 15.9. The number of unbranched alkanes of at least 4 members (excludes halogenated alkanes) is 3. The van der Waals surface area contributed by atoms with E-state index in [2.05, 4.69) is 20.8 Å². The number of carboxylic acid groups (broad SMARTS) is 1. The molecule has 0 aliphatic heterocycles. The summed E-state index contributed by atoms with van der Waals surface area (Å²) in [6.07, 6.45) is 10.2. The molecule has 1 rings (SSSR count). The van der Waals surface area contributed by atoms with E-state index in [1.54, 1.807) is 43.6 Å². The molecule has 0 heterocycles. The number of carbonyl (C=O) groups is 1. The Morgan fingerprint density at radius 3 is 1.81 bits per heavy atom. The molecule has 0 amide bonds. The number of aliphatic carboxylic acids is 1. The standard InChI is InChI=1S/C10H7NO2.3C4H9.Sn/c11-7-9(10(12)13)6-8-4-2-1-3-5-8;3*1-3-4-2;/h1-6H,(H,12,13);3*1,3-4H2,2H3;/b9-6+;;;;. The molecule has 0 aliphatic rings. The molecule has 0 fully saturated rings. The van der Waals surface area contributed by atoms with Gasteiger partial charge >= 0.3 is 98.3 Å². The molecule has 0 spiro atoms. The van der Waals surface area contributed by atoms with Gasteiger partial charge in [0.15, 0.2) is 0 Å². The van der Waals surface area contributed by atoms with Gasteiger partial charge in [-0.15, -0.1) is 0 Å². The first-order chi connectivity index (χ1) is 12.6. The molecule has 1 aromatic rings. The Bertz CT molecular complexity index is 530. The Balaban J connectivity index is 0.000000481. The molecule has 0 bridgehead atoms. The third-order valence-corrected chi connectivity index (χ3v) is 13.2. The molecular formula is C22H34NO2Sn. The molecule has 0 saturated heterocycles. The molecule has 4 heteroatoms. The summed E-state index contributed by atoms with van der Waals surface area (Å²) in [5.41, 5.74) is 0.452. The maximum Gasteiger partial charge on any atom is 0.346 e. The zero-order valence-electron chi connectivity index (χ0n) is 16.6. The van der Waals surface area contributed by atoms with E-state index in [1.807, 2.05) is 6.07 Å². The summed E-state index contributed by atoms with van der Waals surface area (Å²) in [4.78, 5) is 10.4. The van der Waals surface area contributed by atoms with E-state index in [0.29, 0.717) is 5.56 Å². The third-order valence-electron chi connectivity index (χ3n) is 4.11. The average Bonchev–Trinajstić information content (AvgIpc) is 2.66. The molecule has 26 heavy (non-hydrogen) atoms. The van der Waals surface area contributed by atoms with Crippen LogP contribution >= 0.6 is 0 Å². The molecule has 1 N–H and O–H groups in total. The SMILES string of the molecule is CCC[CH2][Sn]([CH2]CCC)[CH2]CCC.N#C/C(=C\c1ccccc1)C(=O)O. The summed E-state index contributed by atoms with van der Waals surface area (Å²) in [7, 11) is 0. The van der Waals surface area contributed by atoms with Crippen LogP contribution in [0.25, 0.3) is 6.08 Å². The smallest absolute Gasteiger partial charge is 0.346 e. The summed E-state index contributed by atoms with van der Waals surface area (Å²) in [5.74, 6) is -1.20. The average molecular weight is 463 g/mol. The van der Waals surface area contributed by atoms with Crippen molar-refractivity contribution in [3.63, 3.8) is 0 Å². The second-order valence-electron chi connectivity index (χ2n) is 6.45. The monoisotopic (exact) mass is 464 g/mol. The van der Waals surface area contributed by atoms with Crippen LogP contribution in [0.1, 0.15) is 64.9 Å². The second-order valence-corrected chi connectivity index (χ2v) is 15.0. The van der Waals surface area contributed by atoms with Crippen molar-refractivity contribution in [2.75, 3.05) is 0 Å². The van der Waals surface area contributed by atoms with E-state index >= 15 is 0 Å². The van der Waals surface area contributed by atoms with Crippen molar-refractivity contribution in [2.24, 2.45) is 0 Å². The number of nitrogens with zero attached hydrogens (tertiary/aromatic N) is 1. The van der Waals surface area contributed by atoms with Crippen molar-refractivity contribution in [3.05, 3.63) is 41.5 Å². The predicted octanol–water partition coefficient (Wildman–Crippen LogP) is 6.56. The summed E-state index contributed by atoms with van der Waals surface area (Å²) in [6, 6.07) is 10.5. The van der Waals surface area contributed by atoms with Crippen LogP contribution in [-0.4, -0.2) is 30.8 Å². The molecule has 0 atom stereocenters. The summed E-state index contributed by atoms with van der Waals surface area (Å²) < 4.78 is 5.04. The van der Waals surface area contributed by atoms with Gasteiger partial charge in [-0.25, -0.2) is 4.79 Å². The molecule has 0 aliphatic carbocycles. The topological polar surface area (TPSA) is 61.1 Å². The fourth-order valence-corrected chi connectivity index (χ4v) is 12.0. The van der Waals surface area contributed by atoms with Crippen molar-refractivity contribution in [3.8, 4) is 6.07 Å². The van der Waals surface area contributed by atoms with Gasteiger partial charge in [0.25, 0.3) is 0 Å². The maximum absolute atomic E-state index is 10.4. The van der Waals surface area contributed by atoms with Gasteiger partial charge in [-0.3, -0.25) is 0 Å². The van der Waals surface area contributed by atoms with Gasteiger partial charge in [-0.1, -0.05) is 30.3 Å². The number of carboxylic acids is 1. The Morgan fingerprint density at radius 1 is 1.00 bits per heavy atom. The van der Waals surface area contributed by atoms with Crippen LogP contribution in [0.15, 0.2) is 35.9 Å². The Labute approximate surface area is 166 Å². The van der Waals surface area contributed by atoms with E-state index in [-0.39, 0.29) is 5.57 Å². The summed E-state index contributed by atoms with van der Waals surface area (Å²) in [6.45, 7) is 7.00. The van der Waals surface area contributed by atoms with Crippen molar-refractivity contribution >= 4 is 31.8 Å². The van der Waals surface area contributed by atoms with Crippen LogP contribution < -0.4 is 0 Å². The van der Waals surface area contributed by atoms with Gasteiger partial charge in [0, 0.05) is 0 Å². The minimum absolute atomic E-state index is 0.258. The first kappa shape index (κ1) is 24.7. The van der Waals surface area contributed by atoms with Crippen LogP contribution in [0.3, 0.4) is 0 Å². The normalized spacial score (nSPS) is 10.8. The largest absolute Gasteiger partial charge is 0.477 e. The van der Waals surface area contributed by atoms with E-state index in [0.717, 1.165) is 0 Å². The number of rotatable bonds is 11. The molecular weight excluding hydrogens is 429 g/mol. The van der Waals surface area contributed by atoms with Crippen LogP contribution in [0, 0.1) is 11.3 Å². The van der Waals surface area contributed by atoms with Gasteiger partial charge in [0.1, 0.15) is 11.6 Å². The minimum atomic E-state index is -1.20. The molecule has 1 aromatic carbocycles. The fraction of sp³-hybridized carbons (Fsp3) is 0.545. The first-order valence-electron chi connectivity index (χ1n) is 9.82. The molecule has 3 nitrogen and oxygen atoms in total. The van der Waals surface area contributed by atoms with Gasteiger partial charge in [-0.2, -0.15) is 5.26 Å². The second kappa shape index (κ2) is 17.1. The van der Waals surface area contributed by atoms with E-state index in [9.17, 15) is 4.79 Å². The zero-order valence-corrected chi connectivity index (χ0v) is 19.5. The number of nitriles is 1.